The summed E-state index contributed by atoms with van der Waals surface area (Å²) in [4.78, 5) is 33.4. The van der Waals surface area contributed by atoms with Gasteiger partial charge in [0.25, 0.3) is 5.56 Å². The highest BCUT2D eigenvalue weighted by Crippen LogP contribution is 2.23. The van der Waals surface area contributed by atoms with Crippen LogP contribution in [0.3, 0.4) is 0 Å². The Morgan fingerprint density at radius 2 is 1.90 bits per heavy atom. The van der Waals surface area contributed by atoms with Gasteiger partial charge < -0.3 is 14.6 Å². The summed E-state index contributed by atoms with van der Waals surface area (Å²) in [6.07, 6.45) is 0. The number of carbonyl (C=O) groups excluding carboxylic acids is 1. The molecule has 6 nitrogen and oxygen atoms in total. The summed E-state index contributed by atoms with van der Waals surface area (Å²) in [6, 6.07) is 8.12. The van der Waals surface area contributed by atoms with Crippen LogP contribution in [-0.4, -0.2) is 28.6 Å². The van der Waals surface area contributed by atoms with Gasteiger partial charge in [0, 0.05) is 19.3 Å². The standard InChI is InChI=1S/C23H26FN3O3/c1-13-9-20-18(21(28)26-14(2)25-20)10-15(13)12-27(6)16-7-8-17(19(24)11-16)22(29)30-23(3,4)5/h7-11H,12H2,1-6H3,(H,25,26,28). The molecule has 3 aromatic rings. The van der Waals surface area contributed by atoms with Crippen molar-refractivity contribution in [3.8, 4) is 0 Å². The summed E-state index contributed by atoms with van der Waals surface area (Å²) in [5.74, 6) is -0.765. The van der Waals surface area contributed by atoms with E-state index in [1.54, 1.807) is 33.8 Å². The number of benzene rings is 2. The summed E-state index contributed by atoms with van der Waals surface area (Å²) in [5.41, 5.74) is 2.18. The first-order valence-corrected chi connectivity index (χ1v) is 9.69. The lowest BCUT2D eigenvalue weighted by molar-refractivity contribution is 0.00647. The fraction of sp³-hybridized carbons (Fsp3) is 0.348. The van der Waals surface area contributed by atoms with Gasteiger partial charge in [-0.05, 0) is 76.1 Å². The predicted molar refractivity (Wildman–Crippen MR) is 116 cm³/mol. The topological polar surface area (TPSA) is 75.3 Å². The molecule has 1 N–H and O–H groups in total. The molecular formula is C23H26FN3O3. The Balaban J connectivity index is 1.86. The molecular weight excluding hydrogens is 385 g/mol. The molecule has 0 spiro atoms. The van der Waals surface area contributed by atoms with Crippen LogP contribution < -0.4 is 10.5 Å². The van der Waals surface area contributed by atoms with Gasteiger partial charge in [0.1, 0.15) is 17.2 Å². The number of fused-ring (bicyclic) bond motifs is 1. The normalized spacial score (nSPS) is 11.6. The van der Waals surface area contributed by atoms with E-state index >= 15 is 0 Å². The lowest BCUT2D eigenvalue weighted by Crippen LogP contribution is -2.24. The molecule has 0 atom stereocenters. The smallest absolute Gasteiger partial charge is 0.341 e. The van der Waals surface area contributed by atoms with Crippen LogP contribution in [0.2, 0.25) is 0 Å². The maximum Gasteiger partial charge on any atom is 0.341 e. The van der Waals surface area contributed by atoms with E-state index in [0.29, 0.717) is 29.0 Å². The third-order valence-corrected chi connectivity index (χ3v) is 4.70. The van der Waals surface area contributed by atoms with Gasteiger partial charge in [-0.1, -0.05) is 0 Å². The number of H-pyrrole nitrogens is 1. The van der Waals surface area contributed by atoms with Crippen molar-refractivity contribution in [3.63, 3.8) is 0 Å². The van der Waals surface area contributed by atoms with Crippen LogP contribution in [0.5, 0.6) is 0 Å². The van der Waals surface area contributed by atoms with Crippen LogP contribution >= 0.6 is 0 Å². The lowest BCUT2D eigenvalue weighted by atomic mass is 10.0. The van der Waals surface area contributed by atoms with Crippen LogP contribution in [0.15, 0.2) is 35.1 Å². The predicted octanol–water partition coefficient (Wildman–Crippen LogP) is 4.27. The Morgan fingerprint density at radius 1 is 1.20 bits per heavy atom. The van der Waals surface area contributed by atoms with Crippen molar-refractivity contribution >= 4 is 22.6 Å². The van der Waals surface area contributed by atoms with Gasteiger partial charge in [0.05, 0.1) is 16.5 Å². The Kier molecular flexibility index (Phi) is 5.65. The highest BCUT2D eigenvalue weighted by Gasteiger charge is 2.21. The van der Waals surface area contributed by atoms with Gasteiger partial charge in [-0.25, -0.2) is 14.2 Å². The molecule has 1 heterocycles. The van der Waals surface area contributed by atoms with Crippen molar-refractivity contribution in [1.29, 1.82) is 0 Å². The molecule has 7 heteroatoms. The third kappa shape index (κ3) is 4.67. The zero-order valence-corrected chi connectivity index (χ0v) is 18.1. The van der Waals surface area contributed by atoms with Crippen LogP contribution in [0.25, 0.3) is 10.9 Å². The fourth-order valence-corrected chi connectivity index (χ4v) is 3.21. The van der Waals surface area contributed by atoms with Gasteiger partial charge >= 0.3 is 5.97 Å². The minimum Gasteiger partial charge on any atom is -0.456 e. The summed E-state index contributed by atoms with van der Waals surface area (Å²) in [6.45, 7) is 9.36. The van der Waals surface area contributed by atoms with Gasteiger partial charge in [-0.15, -0.1) is 0 Å². The fourth-order valence-electron chi connectivity index (χ4n) is 3.21. The Labute approximate surface area is 174 Å². The maximum absolute atomic E-state index is 14.6. The van der Waals surface area contributed by atoms with E-state index in [1.165, 1.54) is 12.1 Å². The largest absolute Gasteiger partial charge is 0.456 e. The molecule has 3 rings (SSSR count). The van der Waals surface area contributed by atoms with E-state index in [9.17, 15) is 14.0 Å². The lowest BCUT2D eigenvalue weighted by Gasteiger charge is -2.22. The highest BCUT2D eigenvalue weighted by atomic mass is 19.1. The zero-order valence-electron chi connectivity index (χ0n) is 18.1. The van der Waals surface area contributed by atoms with E-state index < -0.39 is 17.4 Å². The first-order valence-electron chi connectivity index (χ1n) is 9.69. The molecule has 0 amide bonds. The number of hydrogen-bond donors (Lipinski definition) is 1. The summed E-state index contributed by atoms with van der Waals surface area (Å²) in [5, 5.41) is 0.515. The molecule has 0 unspecified atom stereocenters. The molecule has 0 aliphatic heterocycles. The Hall–Kier alpha value is -3.22. The molecule has 158 valence electrons. The number of nitrogens with one attached hydrogen (secondary N) is 1. The van der Waals surface area contributed by atoms with Gasteiger partial charge in [0.15, 0.2) is 0 Å². The number of aromatic amines is 1. The highest BCUT2D eigenvalue weighted by molar-refractivity contribution is 5.90. The van der Waals surface area contributed by atoms with Crippen molar-refractivity contribution in [2.24, 2.45) is 0 Å². The molecule has 0 bridgehead atoms. The Morgan fingerprint density at radius 3 is 2.53 bits per heavy atom. The number of halogens is 1. The average molecular weight is 411 g/mol. The number of anilines is 1. The molecule has 0 saturated heterocycles. The second kappa shape index (κ2) is 7.89. The van der Waals surface area contributed by atoms with E-state index in [1.807, 2.05) is 31.0 Å². The minimum absolute atomic E-state index is 0.100. The van der Waals surface area contributed by atoms with Gasteiger partial charge in [0.2, 0.25) is 0 Å². The summed E-state index contributed by atoms with van der Waals surface area (Å²) < 4.78 is 19.8. The van der Waals surface area contributed by atoms with E-state index in [-0.39, 0.29) is 11.1 Å². The molecule has 1 aromatic heterocycles. The van der Waals surface area contributed by atoms with Crippen LogP contribution in [0.1, 0.15) is 48.1 Å². The monoisotopic (exact) mass is 411 g/mol. The van der Waals surface area contributed by atoms with Crippen molar-refractivity contribution in [1.82, 2.24) is 9.97 Å². The number of aromatic nitrogens is 2. The van der Waals surface area contributed by atoms with Crippen LogP contribution in [0.4, 0.5) is 10.1 Å². The second-order valence-electron chi connectivity index (χ2n) is 8.47. The number of hydrogen-bond acceptors (Lipinski definition) is 5. The number of ether oxygens (including phenoxy) is 1. The first kappa shape index (κ1) is 21.5. The number of rotatable bonds is 4. The quantitative estimate of drug-likeness (QED) is 0.649. The molecule has 0 aliphatic carbocycles. The van der Waals surface area contributed by atoms with Gasteiger partial charge in [-0.2, -0.15) is 0 Å². The van der Waals surface area contributed by atoms with Crippen LogP contribution in [-0.2, 0) is 11.3 Å². The summed E-state index contributed by atoms with van der Waals surface area (Å²) >= 11 is 0. The van der Waals surface area contributed by atoms with E-state index in [4.69, 9.17) is 4.74 Å². The SMILES string of the molecule is Cc1nc2cc(C)c(CN(C)c3ccc(C(=O)OC(C)(C)C)c(F)c3)cc2c(=O)[nH]1. The van der Waals surface area contributed by atoms with Gasteiger partial charge in [-0.3, -0.25) is 4.79 Å². The van der Waals surface area contributed by atoms with Crippen molar-refractivity contribution in [3.05, 3.63) is 69.0 Å². The molecule has 2 aromatic carbocycles. The second-order valence-corrected chi connectivity index (χ2v) is 8.47. The zero-order chi connectivity index (χ0) is 22.2. The number of esters is 1. The Bertz CT molecular complexity index is 1180. The molecule has 0 radical (unpaired) electrons. The first-order chi connectivity index (χ1) is 13.9. The molecule has 0 fully saturated rings. The third-order valence-electron chi connectivity index (χ3n) is 4.70. The van der Waals surface area contributed by atoms with Crippen molar-refractivity contribution in [2.75, 3.05) is 11.9 Å². The molecule has 0 saturated carbocycles. The van der Waals surface area contributed by atoms with E-state index in [2.05, 4.69) is 9.97 Å². The number of carbonyl (C=O) groups is 1. The maximum atomic E-state index is 14.6. The van der Waals surface area contributed by atoms with Crippen molar-refractivity contribution in [2.45, 2.75) is 46.8 Å². The van der Waals surface area contributed by atoms with Crippen molar-refractivity contribution < 1.29 is 13.9 Å². The van der Waals surface area contributed by atoms with E-state index in [0.717, 1.165) is 11.1 Å². The van der Waals surface area contributed by atoms with Crippen LogP contribution in [0, 0.1) is 19.7 Å². The average Bonchev–Trinajstić information content (AvgIpc) is 2.61. The summed E-state index contributed by atoms with van der Waals surface area (Å²) in [7, 11) is 1.82. The minimum atomic E-state index is -0.697. The number of aryl methyl sites for hydroxylation is 2. The molecule has 0 aliphatic rings. The molecule has 30 heavy (non-hydrogen) atoms. The number of nitrogens with zero attached hydrogens (tertiary/aromatic N) is 2.